The summed E-state index contributed by atoms with van der Waals surface area (Å²) in [6.07, 6.45) is 0.846. The average molecular weight is 285 g/mol. The number of hydrogen-bond acceptors (Lipinski definition) is 5. The topological polar surface area (TPSA) is 64.9 Å². The van der Waals surface area contributed by atoms with Crippen LogP contribution in [0.15, 0.2) is 39.5 Å². The summed E-state index contributed by atoms with van der Waals surface area (Å²) in [5.41, 5.74) is 9.89. The van der Waals surface area contributed by atoms with Crippen molar-refractivity contribution in [3.05, 3.63) is 46.2 Å². The lowest BCUT2D eigenvalue weighted by Gasteiger charge is -1.99. The molecule has 0 unspecified atom stereocenters. The molecule has 0 spiro atoms. The molecule has 0 atom stereocenters. The second-order valence-corrected chi connectivity index (χ2v) is 5.37. The molecule has 1 aromatic carbocycles. The molecule has 102 valence electrons. The summed E-state index contributed by atoms with van der Waals surface area (Å²) in [7, 11) is 0. The Labute approximate surface area is 121 Å². The SMILES string of the molecule is Cc1cscc1-c1noc(-c2cccc(CCN)c2)n1. The van der Waals surface area contributed by atoms with Crippen LogP contribution in [-0.4, -0.2) is 16.7 Å². The Bertz CT molecular complexity index is 717. The molecule has 0 radical (unpaired) electrons. The van der Waals surface area contributed by atoms with E-state index in [1.165, 1.54) is 11.1 Å². The number of aryl methyl sites for hydroxylation is 1. The molecule has 0 aliphatic rings. The van der Waals surface area contributed by atoms with Gasteiger partial charge < -0.3 is 10.3 Å². The van der Waals surface area contributed by atoms with E-state index in [9.17, 15) is 0 Å². The van der Waals surface area contributed by atoms with Gasteiger partial charge in [0.05, 0.1) is 0 Å². The quantitative estimate of drug-likeness (QED) is 0.799. The molecule has 3 rings (SSSR count). The Morgan fingerprint density at radius 3 is 2.95 bits per heavy atom. The summed E-state index contributed by atoms with van der Waals surface area (Å²) in [5, 5.41) is 8.18. The summed E-state index contributed by atoms with van der Waals surface area (Å²) in [6, 6.07) is 8.05. The van der Waals surface area contributed by atoms with E-state index in [1.807, 2.05) is 30.5 Å². The zero-order valence-corrected chi connectivity index (χ0v) is 12.0. The number of nitrogens with two attached hydrogens (primary N) is 1. The highest BCUT2D eigenvalue weighted by atomic mass is 32.1. The Kier molecular flexibility index (Phi) is 3.62. The van der Waals surface area contributed by atoms with Crippen molar-refractivity contribution in [2.75, 3.05) is 6.54 Å². The van der Waals surface area contributed by atoms with Crippen molar-refractivity contribution in [1.29, 1.82) is 0 Å². The molecule has 0 aliphatic carbocycles. The van der Waals surface area contributed by atoms with E-state index in [-0.39, 0.29) is 0 Å². The summed E-state index contributed by atoms with van der Waals surface area (Å²) in [5.74, 6) is 1.19. The van der Waals surface area contributed by atoms with Crippen molar-refractivity contribution in [3.63, 3.8) is 0 Å². The molecule has 4 nitrogen and oxygen atoms in total. The largest absolute Gasteiger partial charge is 0.334 e. The van der Waals surface area contributed by atoms with Crippen LogP contribution in [-0.2, 0) is 6.42 Å². The molecule has 0 saturated carbocycles. The van der Waals surface area contributed by atoms with E-state index in [2.05, 4.69) is 21.6 Å². The van der Waals surface area contributed by atoms with Crippen molar-refractivity contribution in [2.24, 2.45) is 5.73 Å². The summed E-state index contributed by atoms with van der Waals surface area (Å²) in [4.78, 5) is 4.48. The van der Waals surface area contributed by atoms with Gasteiger partial charge in [-0.1, -0.05) is 17.3 Å². The normalized spacial score (nSPS) is 10.9. The van der Waals surface area contributed by atoms with Crippen LogP contribution >= 0.6 is 11.3 Å². The minimum Gasteiger partial charge on any atom is -0.334 e. The Morgan fingerprint density at radius 1 is 1.30 bits per heavy atom. The van der Waals surface area contributed by atoms with Gasteiger partial charge in [-0.15, -0.1) is 0 Å². The highest BCUT2D eigenvalue weighted by molar-refractivity contribution is 7.08. The lowest BCUT2D eigenvalue weighted by atomic mass is 10.1. The third kappa shape index (κ3) is 2.50. The molecule has 0 amide bonds. The first-order valence-electron chi connectivity index (χ1n) is 6.44. The van der Waals surface area contributed by atoms with Gasteiger partial charge in [0.2, 0.25) is 5.82 Å². The number of thiophene rings is 1. The highest BCUT2D eigenvalue weighted by Gasteiger charge is 2.13. The lowest BCUT2D eigenvalue weighted by molar-refractivity contribution is 0.432. The molecule has 0 saturated heterocycles. The molecular formula is C15H15N3OS. The van der Waals surface area contributed by atoms with Crippen LogP contribution in [0.3, 0.4) is 0 Å². The van der Waals surface area contributed by atoms with Crippen molar-refractivity contribution in [3.8, 4) is 22.8 Å². The maximum Gasteiger partial charge on any atom is 0.258 e. The smallest absolute Gasteiger partial charge is 0.258 e. The lowest BCUT2D eigenvalue weighted by Crippen LogP contribution is -2.02. The minimum absolute atomic E-state index is 0.546. The first-order chi connectivity index (χ1) is 9.78. The van der Waals surface area contributed by atoms with Crippen molar-refractivity contribution < 1.29 is 4.52 Å². The minimum atomic E-state index is 0.546. The number of nitrogens with zero attached hydrogens (tertiary/aromatic N) is 2. The van der Waals surface area contributed by atoms with Crippen LogP contribution in [0, 0.1) is 6.92 Å². The van der Waals surface area contributed by atoms with Gasteiger partial charge in [0.1, 0.15) is 0 Å². The predicted molar refractivity (Wildman–Crippen MR) is 80.5 cm³/mol. The molecule has 5 heteroatoms. The molecule has 0 bridgehead atoms. The van der Waals surface area contributed by atoms with Gasteiger partial charge in [-0.25, -0.2) is 0 Å². The van der Waals surface area contributed by atoms with Crippen molar-refractivity contribution >= 4 is 11.3 Å². The van der Waals surface area contributed by atoms with E-state index in [0.29, 0.717) is 18.3 Å². The molecule has 2 heterocycles. The van der Waals surface area contributed by atoms with E-state index in [0.717, 1.165) is 17.5 Å². The maximum atomic E-state index is 5.58. The summed E-state index contributed by atoms with van der Waals surface area (Å²) in [6.45, 7) is 2.68. The highest BCUT2D eigenvalue weighted by Crippen LogP contribution is 2.27. The van der Waals surface area contributed by atoms with Gasteiger partial charge in [0, 0.05) is 16.5 Å². The van der Waals surface area contributed by atoms with Gasteiger partial charge in [-0.2, -0.15) is 16.3 Å². The van der Waals surface area contributed by atoms with Gasteiger partial charge in [-0.3, -0.25) is 0 Å². The Hall–Kier alpha value is -1.98. The molecule has 0 aliphatic heterocycles. The fraction of sp³-hybridized carbons (Fsp3) is 0.200. The third-order valence-corrected chi connectivity index (χ3v) is 3.99. The number of rotatable bonds is 4. The number of hydrogen-bond donors (Lipinski definition) is 1. The van der Waals surface area contributed by atoms with Crippen LogP contribution in [0.2, 0.25) is 0 Å². The zero-order chi connectivity index (χ0) is 13.9. The van der Waals surface area contributed by atoms with Crippen LogP contribution < -0.4 is 5.73 Å². The van der Waals surface area contributed by atoms with Crippen LogP contribution in [0.1, 0.15) is 11.1 Å². The fourth-order valence-corrected chi connectivity index (χ4v) is 2.89. The van der Waals surface area contributed by atoms with E-state index in [1.54, 1.807) is 11.3 Å². The Morgan fingerprint density at radius 2 is 2.20 bits per heavy atom. The van der Waals surface area contributed by atoms with Crippen LogP contribution in [0.5, 0.6) is 0 Å². The third-order valence-electron chi connectivity index (χ3n) is 3.13. The first kappa shape index (κ1) is 13.0. The van der Waals surface area contributed by atoms with Gasteiger partial charge in [0.25, 0.3) is 5.89 Å². The Balaban J connectivity index is 1.94. The van der Waals surface area contributed by atoms with Crippen molar-refractivity contribution in [1.82, 2.24) is 10.1 Å². The molecule has 0 fully saturated rings. The fourth-order valence-electron chi connectivity index (χ4n) is 2.07. The molecular weight excluding hydrogens is 270 g/mol. The average Bonchev–Trinajstić information content (AvgIpc) is 3.08. The predicted octanol–water partition coefficient (Wildman–Crippen LogP) is 3.27. The van der Waals surface area contributed by atoms with Crippen molar-refractivity contribution in [2.45, 2.75) is 13.3 Å². The van der Waals surface area contributed by atoms with Crippen LogP contribution in [0.4, 0.5) is 0 Å². The standard InChI is InChI=1S/C15H15N3OS/c1-10-8-20-9-13(10)14-17-15(19-18-14)12-4-2-3-11(7-12)5-6-16/h2-4,7-9H,5-6,16H2,1H3. The van der Waals surface area contributed by atoms with Gasteiger partial charge >= 0.3 is 0 Å². The maximum absolute atomic E-state index is 5.58. The number of benzene rings is 1. The van der Waals surface area contributed by atoms with E-state index in [4.69, 9.17) is 10.3 Å². The van der Waals surface area contributed by atoms with E-state index >= 15 is 0 Å². The monoisotopic (exact) mass is 285 g/mol. The first-order valence-corrected chi connectivity index (χ1v) is 7.38. The second-order valence-electron chi connectivity index (χ2n) is 4.63. The zero-order valence-electron chi connectivity index (χ0n) is 11.2. The van der Waals surface area contributed by atoms with E-state index < -0.39 is 0 Å². The van der Waals surface area contributed by atoms with Crippen LogP contribution in [0.25, 0.3) is 22.8 Å². The molecule has 2 N–H and O–H groups in total. The second kappa shape index (κ2) is 5.56. The molecule has 2 aromatic heterocycles. The van der Waals surface area contributed by atoms with Gasteiger partial charge in [0.15, 0.2) is 0 Å². The molecule has 3 aromatic rings. The summed E-state index contributed by atoms with van der Waals surface area (Å²) < 4.78 is 5.37. The molecule has 20 heavy (non-hydrogen) atoms. The number of aromatic nitrogens is 2. The summed E-state index contributed by atoms with van der Waals surface area (Å²) >= 11 is 1.64. The van der Waals surface area contributed by atoms with Gasteiger partial charge in [-0.05, 0) is 48.5 Å².